The number of aryl methyl sites for hydroxylation is 1. The standard InChI is InChI=1S/C19H16N2O4.C2H6/c1-10-7-11-5-3-4-6-14(11)20-16(10)15-8-13-12(17(22)21-15)9-25-18(23)19(13,2)24;1-2/h3-8,24H,9H2,1-2H3,(H,21,22);1-2H3. The fourth-order valence-electron chi connectivity index (χ4n) is 3.18. The number of carbonyl (C=O) groups excluding carboxylic acids is 1. The van der Waals surface area contributed by atoms with Crippen molar-refractivity contribution in [2.24, 2.45) is 0 Å². The summed E-state index contributed by atoms with van der Waals surface area (Å²) in [6, 6.07) is 11.3. The lowest BCUT2D eigenvalue weighted by atomic mass is 9.89. The van der Waals surface area contributed by atoms with E-state index in [0.29, 0.717) is 11.4 Å². The topological polar surface area (TPSA) is 92.3 Å². The van der Waals surface area contributed by atoms with Crippen LogP contribution in [-0.4, -0.2) is 21.0 Å². The zero-order chi connectivity index (χ0) is 19.8. The molecule has 2 aromatic heterocycles. The van der Waals surface area contributed by atoms with Crippen molar-refractivity contribution in [1.29, 1.82) is 0 Å². The van der Waals surface area contributed by atoms with E-state index in [2.05, 4.69) is 9.97 Å². The molecule has 0 aliphatic carbocycles. The van der Waals surface area contributed by atoms with Gasteiger partial charge in [-0.1, -0.05) is 32.0 Å². The van der Waals surface area contributed by atoms with Crippen LogP contribution < -0.4 is 5.56 Å². The van der Waals surface area contributed by atoms with E-state index in [4.69, 9.17) is 4.74 Å². The molecule has 0 radical (unpaired) electrons. The van der Waals surface area contributed by atoms with E-state index in [0.717, 1.165) is 16.5 Å². The van der Waals surface area contributed by atoms with E-state index < -0.39 is 17.1 Å². The average Bonchev–Trinajstić information content (AvgIpc) is 2.66. The maximum Gasteiger partial charge on any atom is 0.342 e. The smallest absolute Gasteiger partial charge is 0.342 e. The molecule has 1 unspecified atom stereocenters. The van der Waals surface area contributed by atoms with Gasteiger partial charge in [0.2, 0.25) is 0 Å². The summed E-state index contributed by atoms with van der Waals surface area (Å²) in [7, 11) is 0. The molecule has 6 nitrogen and oxygen atoms in total. The van der Waals surface area contributed by atoms with Gasteiger partial charge in [0, 0.05) is 10.9 Å². The molecule has 2 N–H and O–H groups in total. The predicted octanol–water partition coefficient (Wildman–Crippen LogP) is 3.19. The van der Waals surface area contributed by atoms with E-state index in [-0.39, 0.29) is 17.7 Å². The Hall–Kier alpha value is -2.99. The lowest BCUT2D eigenvalue weighted by Gasteiger charge is -2.28. The minimum absolute atomic E-state index is 0.149. The number of para-hydroxylation sites is 1. The van der Waals surface area contributed by atoms with Gasteiger partial charge in [-0.15, -0.1) is 0 Å². The lowest BCUT2D eigenvalue weighted by Crippen LogP contribution is -2.41. The van der Waals surface area contributed by atoms with Crippen LogP contribution in [-0.2, 0) is 21.7 Å². The first-order valence-corrected chi connectivity index (χ1v) is 8.91. The Kier molecular flexibility index (Phi) is 4.85. The fraction of sp³-hybridized carbons (Fsp3) is 0.286. The molecule has 0 amide bonds. The number of rotatable bonds is 1. The van der Waals surface area contributed by atoms with Crippen LogP contribution in [0.3, 0.4) is 0 Å². The Balaban J connectivity index is 0.00000102. The van der Waals surface area contributed by atoms with Gasteiger partial charge in [0.15, 0.2) is 5.60 Å². The van der Waals surface area contributed by atoms with Gasteiger partial charge < -0.3 is 14.8 Å². The van der Waals surface area contributed by atoms with Gasteiger partial charge in [0.1, 0.15) is 6.61 Å². The third-order valence-corrected chi connectivity index (χ3v) is 4.58. The van der Waals surface area contributed by atoms with Crippen LogP contribution in [0.15, 0.2) is 41.2 Å². The third-order valence-electron chi connectivity index (χ3n) is 4.58. The van der Waals surface area contributed by atoms with Crippen molar-refractivity contribution in [3.8, 4) is 11.4 Å². The number of aliphatic hydroxyl groups is 1. The summed E-state index contributed by atoms with van der Waals surface area (Å²) in [6.45, 7) is 7.08. The molecule has 140 valence electrons. The summed E-state index contributed by atoms with van der Waals surface area (Å²) in [5.41, 5.74) is 1.01. The van der Waals surface area contributed by atoms with E-state index in [1.165, 1.54) is 6.92 Å². The van der Waals surface area contributed by atoms with Crippen molar-refractivity contribution < 1.29 is 14.6 Å². The van der Waals surface area contributed by atoms with Crippen LogP contribution in [0.25, 0.3) is 22.3 Å². The molecule has 6 heteroatoms. The van der Waals surface area contributed by atoms with Crippen LogP contribution in [0.5, 0.6) is 0 Å². The molecule has 27 heavy (non-hydrogen) atoms. The van der Waals surface area contributed by atoms with Crippen LogP contribution in [0, 0.1) is 6.92 Å². The predicted molar refractivity (Wildman–Crippen MR) is 103 cm³/mol. The molecule has 0 saturated heterocycles. The second-order valence-corrected chi connectivity index (χ2v) is 6.40. The number of esters is 1. The van der Waals surface area contributed by atoms with E-state index in [9.17, 15) is 14.7 Å². The molecule has 1 aromatic carbocycles. The number of carbonyl (C=O) groups is 1. The molecule has 1 aliphatic rings. The Morgan fingerprint density at radius 2 is 1.89 bits per heavy atom. The highest BCUT2D eigenvalue weighted by atomic mass is 16.6. The molecular weight excluding hydrogens is 344 g/mol. The largest absolute Gasteiger partial charge is 0.458 e. The van der Waals surface area contributed by atoms with Crippen molar-refractivity contribution in [2.75, 3.05) is 0 Å². The number of H-pyrrole nitrogens is 1. The molecule has 0 bridgehead atoms. The second kappa shape index (κ2) is 6.96. The van der Waals surface area contributed by atoms with Gasteiger partial charge in [0.25, 0.3) is 5.56 Å². The number of hydrogen-bond acceptors (Lipinski definition) is 5. The zero-order valence-electron chi connectivity index (χ0n) is 15.8. The number of nitrogens with one attached hydrogen (secondary N) is 1. The summed E-state index contributed by atoms with van der Waals surface area (Å²) < 4.78 is 4.90. The Morgan fingerprint density at radius 1 is 1.19 bits per heavy atom. The molecule has 0 fully saturated rings. The van der Waals surface area contributed by atoms with Crippen molar-refractivity contribution in [3.05, 3.63) is 63.4 Å². The Morgan fingerprint density at radius 3 is 2.63 bits per heavy atom. The van der Waals surface area contributed by atoms with Crippen LogP contribution in [0.1, 0.15) is 37.5 Å². The molecule has 3 aromatic rings. The molecule has 0 spiro atoms. The van der Waals surface area contributed by atoms with Crippen molar-refractivity contribution in [2.45, 2.75) is 39.9 Å². The summed E-state index contributed by atoms with van der Waals surface area (Å²) in [5.74, 6) is -0.764. The highest BCUT2D eigenvalue weighted by Crippen LogP contribution is 2.32. The molecule has 4 rings (SSSR count). The van der Waals surface area contributed by atoms with Crippen LogP contribution in [0.2, 0.25) is 0 Å². The molecule has 1 atom stereocenters. The van der Waals surface area contributed by atoms with E-state index in [1.807, 2.05) is 51.1 Å². The van der Waals surface area contributed by atoms with E-state index in [1.54, 1.807) is 6.07 Å². The first kappa shape index (κ1) is 18.8. The van der Waals surface area contributed by atoms with Gasteiger partial charge in [-0.05, 0) is 37.6 Å². The van der Waals surface area contributed by atoms with Crippen LogP contribution in [0.4, 0.5) is 0 Å². The summed E-state index contributed by atoms with van der Waals surface area (Å²) in [5, 5.41) is 11.5. The molecule has 1 aliphatic heterocycles. The monoisotopic (exact) mass is 366 g/mol. The van der Waals surface area contributed by atoms with Crippen LogP contribution >= 0.6 is 0 Å². The van der Waals surface area contributed by atoms with Crippen molar-refractivity contribution in [1.82, 2.24) is 9.97 Å². The lowest BCUT2D eigenvalue weighted by molar-refractivity contribution is -0.169. The number of cyclic esters (lactones) is 1. The number of fused-ring (bicyclic) bond motifs is 2. The first-order valence-electron chi connectivity index (χ1n) is 8.91. The summed E-state index contributed by atoms with van der Waals surface area (Å²) >= 11 is 0. The van der Waals surface area contributed by atoms with Gasteiger partial charge in [-0.2, -0.15) is 0 Å². The fourth-order valence-corrected chi connectivity index (χ4v) is 3.18. The number of aromatic nitrogens is 2. The average molecular weight is 366 g/mol. The maximum atomic E-state index is 12.4. The zero-order valence-corrected chi connectivity index (χ0v) is 15.8. The molecule has 3 heterocycles. The summed E-state index contributed by atoms with van der Waals surface area (Å²) in [6.07, 6.45) is 0. The number of benzene rings is 1. The number of ether oxygens (including phenoxy) is 1. The summed E-state index contributed by atoms with van der Waals surface area (Å²) in [4.78, 5) is 31.7. The maximum absolute atomic E-state index is 12.4. The van der Waals surface area contributed by atoms with Crippen molar-refractivity contribution >= 4 is 16.9 Å². The van der Waals surface area contributed by atoms with E-state index >= 15 is 0 Å². The normalized spacial score (nSPS) is 18.3. The number of hydrogen-bond donors (Lipinski definition) is 2. The molecular formula is C21H22N2O4. The van der Waals surface area contributed by atoms with Crippen molar-refractivity contribution in [3.63, 3.8) is 0 Å². The number of aromatic amines is 1. The SMILES string of the molecule is CC.Cc1cc2ccccc2nc1-c1cc2c(c(=O)[nH]1)COC(=O)C2(C)O. The minimum atomic E-state index is -1.86. The van der Waals surface area contributed by atoms with Gasteiger partial charge in [0.05, 0.1) is 22.5 Å². The first-order chi connectivity index (χ1) is 12.9. The second-order valence-electron chi connectivity index (χ2n) is 6.40. The number of pyridine rings is 2. The molecule has 0 saturated carbocycles. The minimum Gasteiger partial charge on any atom is -0.458 e. The quantitative estimate of drug-likeness (QED) is 0.645. The highest BCUT2D eigenvalue weighted by Gasteiger charge is 2.41. The number of nitrogens with zero attached hydrogens (tertiary/aromatic N) is 1. The van der Waals surface area contributed by atoms with Gasteiger partial charge >= 0.3 is 5.97 Å². The highest BCUT2D eigenvalue weighted by molar-refractivity contribution is 5.85. The van der Waals surface area contributed by atoms with Gasteiger partial charge in [-0.25, -0.2) is 9.78 Å². The Labute approximate surface area is 156 Å². The van der Waals surface area contributed by atoms with Gasteiger partial charge in [-0.3, -0.25) is 4.79 Å². The Bertz CT molecular complexity index is 1080. The third kappa shape index (κ3) is 3.13.